The van der Waals surface area contributed by atoms with Crippen molar-refractivity contribution >= 4 is 0 Å². The molecular weight excluding hydrogens is 136 g/mol. The summed E-state index contributed by atoms with van der Waals surface area (Å²) >= 11 is 0. The van der Waals surface area contributed by atoms with Gasteiger partial charge >= 0.3 is 0 Å². The largest absolute Gasteiger partial charge is 0.497 e. The molecule has 0 aromatic rings. The summed E-state index contributed by atoms with van der Waals surface area (Å²) in [5.41, 5.74) is 1.67. The summed E-state index contributed by atoms with van der Waals surface area (Å²) in [4.78, 5) is 0. The Balaban J connectivity index is 2.39. The quantitative estimate of drug-likeness (QED) is 0.516. The van der Waals surface area contributed by atoms with Gasteiger partial charge in [0, 0.05) is 11.8 Å². The highest BCUT2D eigenvalue weighted by atomic mass is 16.5. The van der Waals surface area contributed by atoms with Crippen molar-refractivity contribution in [1.29, 1.82) is 0 Å². The Kier molecular flexibility index (Phi) is 1.35. The van der Waals surface area contributed by atoms with Gasteiger partial charge in [-0.05, 0) is 12.0 Å². The van der Waals surface area contributed by atoms with E-state index in [1.54, 1.807) is 0 Å². The highest BCUT2D eigenvalue weighted by molar-refractivity contribution is 5.33. The van der Waals surface area contributed by atoms with Crippen LogP contribution in [0.3, 0.4) is 0 Å². The molecule has 0 fully saturated rings. The Morgan fingerprint density at radius 3 is 3.00 bits per heavy atom. The van der Waals surface area contributed by atoms with Crippen LogP contribution in [-0.2, 0) is 4.74 Å². The van der Waals surface area contributed by atoms with Gasteiger partial charge in [-0.25, -0.2) is 0 Å². The fourth-order valence-electron chi connectivity index (χ4n) is 1.85. The van der Waals surface area contributed by atoms with Crippen LogP contribution in [0.15, 0.2) is 23.5 Å². The molecule has 1 heteroatoms. The summed E-state index contributed by atoms with van der Waals surface area (Å²) < 4.78 is 5.60. The number of allylic oxidation sites excluding steroid dienone is 3. The van der Waals surface area contributed by atoms with Crippen molar-refractivity contribution in [2.45, 2.75) is 26.7 Å². The zero-order valence-electron chi connectivity index (χ0n) is 7.18. The molecule has 0 saturated heterocycles. The molecule has 1 aliphatic heterocycles. The summed E-state index contributed by atoms with van der Waals surface area (Å²) in [6.07, 6.45) is 6.70. The van der Waals surface area contributed by atoms with E-state index in [4.69, 9.17) is 4.74 Å². The van der Waals surface area contributed by atoms with Crippen molar-refractivity contribution in [2.75, 3.05) is 6.61 Å². The number of hydrogen-bond acceptors (Lipinski definition) is 1. The van der Waals surface area contributed by atoms with Crippen LogP contribution in [0.25, 0.3) is 0 Å². The minimum Gasteiger partial charge on any atom is -0.497 e. The average Bonchev–Trinajstić information content (AvgIpc) is 2.34. The van der Waals surface area contributed by atoms with E-state index >= 15 is 0 Å². The van der Waals surface area contributed by atoms with Gasteiger partial charge < -0.3 is 4.74 Å². The van der Waals surface area contributed by atoms with Gasteiger partial charge in [0.1, 0.15) is 5.76 Å². The third-order valence-electron chi connectivity index (χ3n) is 2.47. The smallest absolute Gasteiger partial charge is 0.105 e. The predicted molar refractivity (Wildman–Crippen MR) is 45.1 cm³/mol. The normalized spacial score (nSPS) is 26.7. The molecule has 0 bridgehead atoms. The minimum absolute atomic E-state index is 0.251. The first-order chi connectivity index (χ1) is 5.20. The van der Waals surface area contributed by atoms with Crippen molar-refractivity contribution in [1.82, 2.24) is 0 Å². The molecule has 60 valence electrons. The van der Waals surface area contributed by atoms with E-state index in [0.717, 1.165) is 19.4 Å². The summed E-state index contributed by atoms with van der Waals surface area (Å²) in [5.74, 6) is 1.24. The average molecular weight is 150 g/mol. The van der Waals surface area contributed by atoms with Gasteiger partial charge in [-0.2, -0.15) is 0 Å². The van der Waals surface area contributed by atoms with Crippen LogP contribution in [0.4, 0.5) is 0 Å². The van der Waals surface area contributed by atoms with Gasteiger partial charge in [0.15, 0.2) is 0 Å². The number of rotatable bonds is 0. The predicted octanol–water partition coefficient (Wildman–Crippen LogP) is 2.65. The van der Waals surface area contributed by atoms with Crippen LogP contribution >= 0.6 is 0 Å². The third-order valence-corrected chi connectivity index (χ3v) is 2.47. The highest BCUT2D eigenvalue weighted by Gasteiger charge is 2.31. The molecule has 1 nitrogen and oxygen atoms in total. The van der Waals surface area contributed by atoms with Crippen LogP contribution in [0.5, 0.6) is 0 Å². The zero-order chi connectivity index (χ0) is 7.90. The van der Waals surface area contributed by atoms with E-state index in [1.807, 2.05) is 0 Å². The zero-order valence-corrected chi connectivity index (χ0v) is 7.18. The Labute approximate surface area is 67.7 Å². The maximum Gasteiger partial charge on any atom is 0.105 e. The van der Waals surface area contributed by atoms with Crippen molar-refractivity contribution < 1.29 is 4.74 Å². The highest BCUT2D eigenvalue weighted by Crippen LogP contribution is 2.41. The van der Waals surface area contributed by atoms with Crippen LogP contribution < -0.4 is 0 Å². The van der Waals surface area contributed by atoms with Crippen molar-refractivity contribution in [2.24, 2.45) is 5.41 Å². The molecule has 0 amide bonds. The van der Waals surface area contributed by atoms with Crippen LogP contribution in [0, 0.1) is 5.41 Å². The van der Waals surface area contributed by atoms with Gasteiger partial charge in [-0.15, -0.1) is 0 Å². The van der Waals surface area contributed by atoms with Crippen LogP contribution in [0.2, 0.25) is 0 Å². The van der Waals surface area contributed by atoms with Crippen molar-refractivity contribution in [3.63, 3.8) is 0 Å². The Hall–Kier alpha value is -0.720. The van der Waals surface area contributed by atoms with E-state index in [9.17, 15) is 0 Å². The van der Waals surface area contributed by atoms with Crippen LogP contribution in [0.1, 0.15) is 26.7 Å². The maximum absolute atomic E-state index is 5.60. The second-order valence-electron chi connectivity index (χ2n) is 3.94. The molecule has 1 heterocycles. The molecular formula is C10H14O. The summed E-state index contributed by atoms with van der Waals surface area (Å²) in [7, 11) is 0. The standard InChI is InChI=1S/C10H14O/c1-10(2)6-3-4-8-5-7-11-9(8)10/h3-4H,5-7H2,1-2H3. The molecule has 0 radical (unpaired) electrons. The van der Waals surface area contributed by atoms with Gasteiger partial charge in [0.05, 0.1) is 6.61 Å². The molecule has 0 N–H and O–H groups in total. The molecule has 2 aliphatic rings. The van der Waals surface area contributed by atoms with E-state index in [1.165, 1.54) is 11.3 Å². The van der Waals surface area contributed by atoms with E-state index < -0.39 is 0 Å². The molecule has 11 heavy (non-hydrogen) atoms. The third kappa shape index (κ3) is 0.991. The monoisotopic (exact) mass is 150 g/mol. The van der Waals surface area contributed by atoms with Gasteiger partial charge in [0.2, 0.25) is 0 Å². The van der Waals surface area contributed by atoms with E-state index in [2.05, 4.69) is 26.0 Å². The van der Waals surface area contributed by atoms with Gasteiger partial charge in [-0.3, -0.25) is 0 Å². The first-order valence-corrected chi connectivity index (χ1v) is 4.23. The van der Waals surface area contributed by atoms with Gasteiger partial charge in [-0.1, -0.05) is 26.0 Å². The summed E-state index contributed by atoms with van der Waals surface area (Å²) in [6.45, 7) is 5.38. The van der Waals surface area contributed by atoms with Gasteiger partial charge in [0.25, 0.3) is 0 Å². The second-order valence-corrected chi connectivity index (χ2v) is 3.94. The lowest BCUT2D eigenvalue weighted by Crippen LogP contribution is -2.17. The number of ether oxygens (including phenoxy) is 1. The lowest BCUT2D eigenvalue weighted by Gasteiger charge is -2.27. The molecule has 0 aromatic heterocycles. The van der Waals surface area contributed by atoms with Crippen molar-refractivity contribution in [3.05, 3.63) is 23.5 Å². The molecule has 0 atom stereocenters. The Morgan fingerprint density at radius 1 is 1.45 bits per heavy atom. The van der Waals surface area contributed by atoms with E-state index in [-0.39, 0.29) is 5.41 Å². The maximum atomic E-state index is 5.60. The molecule has 1 aliphatic carbocycles. The summed E-state index contributed by atoms with van der Waals surface area (Å²) in [6, 6.07) is 0. The SMILES string of the molecule is CC1(C)CC=CC2=C1OCC2. The van der Waals surface area contributed by atoms with Crippen LogP contribution in [-0.4, -0.2) is 6.61 Å². The molecule has 0 saturated carbocycles. The fraction of sp³-hybridized carbons (Fsp3) is 0.600. The first-order valence-electron chi connectivity index (χ1n) is 4.23. The van der Waals surface area contributed by atoms with Crippen molar-refractivity contribution in [3.8, 4) is 0 Å². The lowest BCUT2D eigenvalue weighted by atomic mass is 9.81. The summed E-state index contributed by atoms with van der Waals surface area (Å²) in [5, 5.41) is 0. The topological polar surface area (TPSA) is 9.23 Å². The number of hydrogen-bond donors (Lipinski definition) is 0. The first kappa shape index (κ1) is 6.96. The minimum atomic E-state index is 0.251. The molecule has 0 aromatic carbocycles. The fourth-order valence-corrected chi connectivity index (χ4v) is 1.85. The molecule has 0 unspecified atom stereocenters. The lowest BCUT2D eigenvalue weighted by molar-refractivity contribution is 0.170. The Bertz CT molecular complexity index is 233. The molecule has 2 rings (SSSR count). The Morgan fingerprint density at radius 2 is 2.27 bits per heavy atom. The van der Waals surface area contributed by atoms with E-state index in [0.29, 0.717) is 0 Å². The molecule has 0 spiro atoms. The second kappa shape index (κ2) is 2.13.